The van der Waals surface area contributed by atoms with Gasteiger partial charge in [-0.05, 0) is 68.1 Å². The highest BCUT2D eigenvalue weighted by molar-refractivity contribution is 6.31. The van der Waals surface area contributed by atoms with Gasteiger partial charge in [0.15, 0.2) is 5.69 Å². The summed E-state index contributed by atoms with van der Waals surface area (Å²) < 4.78 is 5.72. The molecule has 0 fully saturated rings. The second-order valence-electron chi connectivity index (χ2n) is 6.56. The lowest BCUT2D eigenvalue weighted by Crippen LogP contribution is -2.17. The molecule has 2 aromatic carbocycles. The molecule has 1 N–H and O–H groups in total. The molecule has 0 unspecified atom stereocenters. The summed E-state index contributed by atoms with van der Waals surface area (Å²) in [6.45, 7) is 8.38. The predicted octanol–water partition coefficient (Wildman–Crippen LogP) is 5.25. The molecular formula is C21H22ClN3O2. The molecule has 0 aliphatic rings. The maximum Gasteiger partial charge on any atom is 0.279 e. The number of halogens is 1. The van der Waals surface area contributed by atoms with Gasteiger partial charge in [0.1, 0.15) is 0 Å². The van der Waals surface area contributed by atoms with Crippen LogP contribution < -0.4 is 10.1 Å². The van der Waals surface area contributed by atoms with E-state index in [0.29, 0.717) is 28.4 Å². The minimum atomic E-state index is -0.376. The van der Waals surface area contributed by atoms with Crippen LogP contribution in [-0.2, 0) is 0 Å². The third-order valence-electron chi connectivity index (χ3n) is 4.35. The minimum absolute atomic E-state index is 0.165. The first-order chi connectivity index (χ1) is 12.9. The molecule has 1 aromatic heterocycles. The zero-order valence-corrected chi connectivity index (χ0v) is 16.6. The Morgan fingerprint density at radius 2 is 1.70 bits per heavy atom. The molecule has 0 atom stereocenters. The number of amides is 1. The number of nitrogens with one attached hydrogen (secondary N) is 1. The van der Waals surface area contributed by atoms with Gasteiger partial charge >= 0.3 is 0 Å². The van der Waals surface area contributed by atoms with E-state index in [2.05, 4.69) is 15.3 Å². The normalized spacial score (nSPS) is 10.9. The van der Waals surface area contributed by atoms with Crippen LogP contribution in [0.4, 0.5) is 5.69 Å². The monoisotopic (exact) mass is 383 g/mol. The number of rotatable bonds is 5. The van der Waals surface area contributed by atoms with Crippen LogP contribution in [0, 0.1) is 20.8 Å². The van der Waals surface area contributed by atoms with Crippen LogP contribution in [0.1, 0.15) is 40.5 Å². The highest BCUT2D eigenvalue weighted by atomic mass is 35.5. The van der Waals surface area contributed by atoms with E-state index in [4.69, 9.17) is 16.3 Å². The molecule has 0 saturated heterocycles. The highest BCUT2D eigenvalue weighted by Crippen LogP contribution is 2.25. The van der Waals surface area contributed by atoms with Gasteiger partial charge in [0.05, 0.1) is 17.6 Å². The molecule has 27 heavy (non-hydrogen) atoms. The fourth-order valence-electron chi connectivity index (χ4n) is 2.65. The number of benzene rings is 2. The number of fused-ring (bicyclic) bond motifs is 1. The van der Waals surface area contributed by atoms with Crippen LogP contribution in [0.2, 0.25) is 5.02 Å². The van der Waals surface area contributed by atoms with Crippen molar-refractivity contribution in [3.63, 3.8) is 0 Å². The van der Waals surface area contributed by atoms with E-state index in [1.807, 2.05) is 45.9 Å². The smallest absolute Gasteiger partial charge is 0.279 e. The number of carbonyl (C=O) groups excluding carboxylic acids is 1. The van der Waals surface area contributed by atoms with Crippen molar-refractivity contribution < 1.29 is 9.53 Å². The summed E-state index contributed by atoms with van der Waals surface area (Å²) >= 11 is 6.05. The van der Waals surface area contributed by atoms with Gasteiger partial charge in [-0.15, -0.1) is 0 Å². The first-order valence-electron chi connectivity index (χ1n) is 8.88. The third-order valence-corrected chi connectivity index (χ3v) is 4.59. The lowest BCUT2D eigenvalue weighted by Gasteiger charge is -2.13. The van der Waals surface area contributed by atoms with Crippen molar-refractivity contribution in [3.8, 4) is 5.88 Å². The predicted molar refractivity (Wildman–Crippen MR) is 109 cm³/mol. The molecule has 5 nitrogen and oxygen atoms in total. The second kappa shape index (κ2) is 7.92. The van der Waals surface area contributed by atoms with E-state index < -0.39 is 0 Å². The zero-order chi connectivity index (χ0) is 19.6. The summed E-state index contributed by atoms with van der Waals surface area (Å²) in [5.74, 6) is -0.135. The third kappa shape index (κ3) is 4.19. The van der Waals surface area contributed by atoms with Crippen molar-refractivity contribution in [1.29, 1.82) is 0 Å². The molecule has 3 rings (SSSR count). The highest BCUT2D eigenvalue weighted by Gasteiger charge is 2.19. The van der Waals surface area contributed by atoms with Crippen molar-refractivity contribution in [1.82, 2.24) is 9.97 Å². The molecule has 1 heterocycles. The zero-order valence-electron chi connectivity index (χ0n) is 15.9. The van der Waals surface area contributed by atoms with E-state index in [-0.39, 0.29) is 17.5 Å². The topological polar surface area (TPSA) is 64.1 Å². The average Bonchev–Trinajstić information content (AvgIpc) is 2.63. The summed E-state index contributed by atoms with van der Waals surface area (Å²) in [6.07, 6.45) is 0.807. The van der Waals surface area contributed by atoms with E-state index in [1.54, 1.807) is 12.1 Å². The Kier molecular flexibility index (Phi) is 5.61. The first kappa shape index (κ1) is 19.1. The second-order valence-corrected chi connectivity index (χ2v) is 7.00. The Morgan fingerprint density at radius 3 is 2.37 bits per heavy atom. The molecule has 3 aromatic rings. The lowest BCUT2D eigenvalue weighted by atomic mass is 10.1. The van der Waals surface area contributed by atoms with Gasteiger partial charge in [-0.3, -0.25) is 4.79 Å². The fourth-order valence-corrected chi connectivity index (χ4v) is 2.83. The van der Waals surface area contributed by atoms with Gasteiger partial charge in [-0.25, -0.2) is 9.97 Å². The molecule has 0 radical (unpaired) electrons. The fraction of sp³-hybridized carbons (Fsp3) is 0.286. The first-order valence-corrected chi connectivity index (χ1v) is 9.26. The number of nitrogens with zero attached hydrogens (tertiary/aromatic N) is 2. The van der Waals surface area contributed by atoms with Gasteiger partial charge in [0.2, 0.25) is 5.88 Å². The molecule has 6 heteroatoms. The van der Waals surface area contributed by atoms with Crippen molar-refractivity contribution in [2.24, 2.45) is 0 Å². The summed E-state index contributed by atoms with van der Waals surface area (Å²) in [6, 6.07) is 9.24. The number of carbonyl (C=O) groups is 1. The van der Waals surface area contributed by atoms with E-state index in [0.717, 1.165) is 23.1 Å². The van der Waals surface area contributed by atoms with Crippen LogP contribution >= 0.6 is 11.6 Å². The minimum Gasteiger partial charge on any atom is -0.476 e. The SMILES string of the molecule is CCCOc1nc2cc(C)c(C)cc2nc1C(=O)Nc1cc(Cl)ccc1C. The summed E-state index contributed by atoms with van der Waals surface area (Å²) in [5, 5.41) is 3.42. The van der Waals surface area contributed by atoms with Crippen LogP contribution in [0.5, 0.6) is 5.88 Å². The summed E-state index contributed by atoms with van der Waals surface area (Å²) in [4.78, 5) is 22.0. The van der Waals surface area contributed by atoms with Gasteiger partial charge in [0, 0.05) is 10.7 Å². The van der Waals surface area contributed by atoms with E-state index >= 15 is 0 Å². The molecule has 0 aliphatic carbocycles. The Hall–Kier alpha value is -2.66. The quantitative estimate of drug-likeness (QED) is 0.653. The molecule has 0 aliphatic heterocycles. The number of aromatic nitrogens is 2. The Balaban J connectivity index is 2.05. The van der Waals surface area contributed by atoms with E-state index in [1.165, 1.54) is 0 Å². The largest absolute Gasteiger partial charge is 0.476 e. The molecule has 140 valence electrons. The van der Waals surface area contributed by atoms with Crippen molar-refractivity contribution >= 4 is 34.2 Å². The number of anilines is 1. The maximum atomic E-state index is 12.9. The Bertz CT molecular complexity index is 1020. The number of hydrogen-bond acceptors (Lipinski definition) is 4. The molecule has 0 spiro atoms. The van der Waals surface area contributed by atoms with Crippen molar-refractivity contribution in [3.05, 3.63) is 57.7 Å². The summed E-state index contributed by atoms with van der Waals surface area (Å²) in [7, 11) is 0. The molecule has 0 bridgehead atoms. The number of aryl methyl sites for hydroxylation is 3. The maximum absolute atomic E-state index is 12.9. The van der Waals surface area contributed by atoms with E-state index in [9.17, 15) is 4.79 Å². The van der Waals surface area contributed by atoms with Gasteiger partial charge in [-0.1, -0.05) is 24.6 Å². The molecule has 1 amide bonds. The lowest BCUT2D eigenvalue weighted by molar-refractivity contribution is 0.101. The number of ether oxygens (including phenoxy) is 1. The van der Waals surface area contributed by atoms with Crippen LogP contribution in [0.3, 0.4) is 0 Å². The van der Waals surface area contributed by atoms with Crippen LogP contribution in [-0.4, -0.2) is 22.5 Å². The average molecular weight is 384 g/mol. The van der Waals surface area contributed by atoms with Crippen LogP contribution in [0.15, 0.2) is 30.3 Å². The number of hydrogen-bond donors (Lipinski definition) is 1. The van der Waals surface area contributed by atoms with Gasteiger partial charge in [0.25, 0.3) is 5.91 Å². The van der Waals surface area contributed by atoms with Crippen molar-refractivity contribution in [2.45, 2.75) is 34.1 Å². The standard InChI is InChI=1S/C21H22ClN3O2/c1-5-8-27-21-19(20(26)24-16-11-15(22)7-6-12(16)2)23-17-9-13(3)14(4)10-18(17)25-21/h6-7,9-11H,5,8H2,1-4H3,(H,24,26). The van der Waals surface area contributed by atoms with Crippen molar-refractivity contribution in [2.75, 3.05) is 11.9 Å². The summed E-state index contributed by atoms with van der Waals surface area (Å²) in [5.41, 5.74) is 5.29. The Morgan fingerprint density at radius 1 is 1.04 bits per heavy atom. The van der Waals surface area contributed by atoms with Gasteiger partial charge < -0.3 is 10.1 Å². The van der Waals surface area contributed by atoms with Crippen LogP contribution in [0.25, 0.3) is 11.0 Å². The molecular weight excluding hydrogens is 362 g/mol. The molecule has 0 saturated carbocycles. The Labute approximate surface area is 163 Å². The van der Waals surface area contributed by atoms with Gasteiger partial charge in [-0.2, -0.15) is 0 Å².